The summed E-state index contributed by atoms with van der Waals surface area (Å²) in [6.07, 6.45) is 1.07. The molecule has 1 atom stereocenters. The molecule has 1 amide bonds. The van der Waals surface area contributed by atoms with Crippen molar-refractivity contribution in [1.29, 1.82) is 0 Å². The zero-order chi connectivity index (χ0) is 21.8. The summed E-state index contributed by atoms with van der Waals surface area (Å²) >= 11 is 0. The normalized spacial score (nSPS) is 18.9. The van der Waals surface area contributed by atoms with Crippen LogP contribution in [0.2, 0.25) is 0 Å². The molecule has 0 aliphatic carbocycles. The molecule has 2 aliphatic heterocycles. The van der Waals surface area contributed by atoms with Crippen LogP contribution in [0.4, 0.5) is 0 Å². The van der Waals surface area contributed by atoms with Gasteiger partial charge in [-0.05, 0) is 49.7 Å². The van der Waals surface area contributed by atoms with E-state index in [1.165, 1.54) is 11.1 Å². The molecule has 1 saturated heterocycles. The van der Waals surface area contributed by atoms with Crippen molar-refractivity contribution < 1.29 is 13.9 Å². The fourth-order valence-corrected chi connectivity index (χ4v) is 4.51. The third-order valence-electron chi connectivity index (χ3n) is 6.53. The Labute approximate surface area is 185 Å². The number of hydrogen-bond acceptors (Lipinski definition) is 5. The second kappa shape index (κ2) is 9.88. The maximum Gasteiger partial charge on any atom is 0.219 e. The molecule has 2 aromatic rings. The number of hydrogen-bond donors (Lipinski definition) is 0. The number of aryl methyl sites for hydroxylation is 1. The zero-order valence-corrected chi connectivity index (χ0v) is 19.1. The lowest BCUT2D eigenvalue weighted by Gasteiger charge is -2.34. The summed E-state index contributed by atoms with van der Waals surface area (Å²) in [6.45, 7) is 14.0. The first-order chi connectivity index (χ1) is 15.0. The van der Waals surface area contributed by atoms with Crippen LogP contribution >= 0.6 is 0 Å². The van der Waals surface area contributed by atoms with E-state index in [0.29, 0.717) is 5.92 Å². The highest BCUT2D eigenvalue weighted by molar-refractivity contribution is 5.73. The van der Waals surface area contributed by atoms with Crippen LogP contribution in [0.25, 0.3) is 0 Å². The Morgan fingerprint density at radius 2 is 1.87 bits per heavy atom. The van der Waals surface area contributed by atoms with E-state index < -0.39 is 0 Å². The first-order valence-corrected chi connectivity index (χ1v) is 11.5. The fraction of sp³-hybridized carbons (Fsp3) is 0.560. The van der Waals surface area contributed by atoms with Crippen molar-refractivity contribution >= 4 is 5.91 Å². The van der Waals surface area contributed by atoms with Crippen LogP contribution in [0.15, 0.2) is 34.7 Å². The van der Waals surface area contributed by atoms with Crippen LogP contribution in [0.5, 0.6) is 5.75 Å². The predicted octanol–water partition coefficient (Wildman–Crippen LogP) is 3.64. The van der Waals surface area contributed by atoms with Crippen LogP contribution in [0.1, 0.15) is 48.8 Å². The Balaban J connectivity index is 1.34. The van der Waals surface area contributed by atoms with E-state index in [0.717, 1.165) is 82.7 Å². The maximum atomic E-state index is 11.5. The molecule has 0 bridgehead atoms. The topological polar surface area (TPSA) is 49.2 Å². The molecule has 1 aromatic heterocycles. The largest absolute Gasteiger partial charge is 0.492 e. The quantitative estimate of drug-likeness (QED) is 0.707. The SMILES string of the molecule is CC(=O)N1CCN(Cc2ccc3c(c2)CN(CC[C@@H](C)c2ccc(C)o2)CCO3)CC1. The van der Waals surface area contributed by atoms with Crippen LogP contribution in [-0.4, -0.2) is 66.5 Å². The summed E-state index contributed by atoms with van der Waals surface area (Å²) < 4.78 is 11.8. The van der Waals surface area contributed by atoms with Gasteiger partial charge < -0.3 is 14.1 Å². The first-order valence-electron chi connectivity index (χ1n) is 11.5. The number of furan rings is 1. The second-order valence-corrected chi connectivity index (χ2v) is 8.99. The number of fused-ring (bicyclic) bond motifs is 1. The monoisotopic (exact) mass is 425 g/mol. The van der Waals surface area contributed by atoms with Gasteiger partial charge in [0.25, 0.3) is 0 Å². The lowest BCUT2D eigenvalue weighted by atomic mass is 10.0. The Kier molecular flexibility index (Phi) is 6.98. The van der Waals surface area contributed by atoms with Gasteiger partial charge >= 0.3 is 0 Å². The minimum atomic E-state index is 0.179. The molecule has 3 heterocycles. The molecule has 6 nitrogen and oxygen atoms in total. The van der Waals surface area contributed by atoms with E-state index in [1.54, 1.807) is 6.92 Å². The van der Waals surface area contributed by atoms with E-state index in [2.05, 4.69) is 41.0 Å². The first kappa shape index (κ1) is 21.9. The second-order valence-electron chi connectivity index (χ2n) is 8.99. The van der Waals surface area contributed by atoms with E-state index in [1.807, 2.05) is 17.9 Å². The van der Waals surface area contributed by atoms with E-state index >= 15 is 0 Å². The summed E-state index contributed by atoms with van der Waals surface area (Å²) in [4.78, 5) is 18.4. The van der Waals surface area contributed by atoms with Crippen LogP contribution in [0, 0.1) is 6.92 Å². The van der Waals surface area contributed by atoms with Gasteiger partial charge in [0.05, 0.1) is 0 Å². The number of carbonyl (C=O) groups is 1. The number of rotatable bonds is 6. The van der Waals surface area contributed by atoms with Gasteiger partial charge in [0.15, 0.2) is 0 Å². The molecule has 2 aliphatic rings. The van der Waals surface area contributed by atoms with Crippen molar-refractivity contribution in [1.82, 2.24) is 14.7 Å². The molecule has 0 spiro atoms. The van der Waals surface area contributed by atoms with Crippen molar-refractivity contribution in [2.24, 2.45) is 0 Å². The third-order valence-corrected chi connectivity index (χ3v) is 6.53. The van der Waals surface area contributed by atoms with Gasteiger partial charge in [0.2, 0.25) is 5.91 Å². The molecule has 1 aromatic carbocycles. The molecule has 0 radical (unpaired) electrons. The summed E-state index contributed by atoms with van der Waals surface area (Å²) in [5, 5.41) is 0. The van der Waals surface area contributed by atoms with Crippen molar-refractivity contribution in [3.63, 3.8) is 0 Å². The number of nitrogens with zero attached hydrogens (tertiary/aromatic N) is 3. The molecular formula is C25H35N3O3. The number of piperazine rings is 1. The smallest absolute Gasteiger partial charge is 0.219 e. The van der Waals surface area contributed by atoms with Crippen molar-refractivity contribution in [2.45, 2.75) is 46.2 Å². The lowest BCUT2D eigenvalue weighted by Crippen LogP contribution is -2.47. The molecule has 4 rings (SSSR count). The summed E-state index contributed by atoms with van der Waals surface area (Å²) in [5.41, 5.74) is 2.60. The summed E-state index contributed by atoms with van der Waals surface area (Å²) in [6, 6.07) is 10.8. The molecule has 0 N–H and O–H groups in total. The highest BCUT2D eigenvalue weighted by Crippen LogP contribution is 2.27. The van der Waals surface area contributed by atoms with E-state index in [9.17, 15) is 4.79 Å². The number of amides is 1. The number of carbonyl (C=O) groups excluding carboxylic acids is 1. The minimum absolute atomic E-state index is 0.179. The number of ether oxygens (including phenoxy) is 1. The Morgan fingerprint density at radius 1 is 1.06 bits per heavy atom. The van der Waals surface area contributed by atoms with Crippen LogP contribution in [-0.2, 0) is 17.9 Å². The minimum Gasteiger partial charge on any atom is -0.492 e. The van der Waals surface area contributed by atoms with Crippen molar-refractivity contribution in [3.8, 4) is 5.75 Å². The lowest BCUT2D eigenvalue weighted by molar-refractivity contribution is -0.130. The highest BCUT2D eigenvalue weighted by Gasteiger charge is 2.21. The van der Waals surface area contributed by atoms with E-state index in [4.69, 9.17) is 9.15 Å². The third kappa shape index (κ3) is 5.69. The Morgan fingerprint density at radius 3 is 2.58 bits per heavy atom. The van der Waals surface area contributed by atoms with Gasteiger partial charge in [-0.1, -0.05) is 13.0 Å². The molecule has 1 fully saturated rings. The van der Waals surface area contributed by atoms with E-state index in [-0.39, 0.29) is 5.91 Å². The highest BCUT2D eigenvalue weighted by atomic mass is 16.5. The molecule has 0 saturated carbocycles. The van der Waals surface area contributed by atoms with Crippen LogP contribution in [0.3, 0.4) is 0 Å². The number of benzene rings is 1. The molecule has 6 heteroatoms. The average Bonchev–Trinajstić information content (AvgIpc) is 3.09. The Bertz CT molecular complexity index is 886. The van der Waals surface area contributed by atoms with Gasteiger partial charge in [0, 0.05) is 64.2 Å². The molecule has 168 valence electrons. The average molecular weight is 426 g/mol. The Hall–Kier alpha value is -2.31. The van der Waals surface area contributed by atoms with Gasteiger partial charge in [-0.3, -0.25) is 14.6 Å². The predicted molar refractivity (Wildman–Crippen MR) is 121 cm³/mol. The van der Waals surface area contributed by atoms with Gasteiger partial charge in [-0.2, -0.15) is 0 Å². The standard InChI is InChI=1S/C25H35N3O3/c1-19(24-6-4-20(2)31-24)8-9-26-14-15-30-25-7-5-22(16-23(25)18-26)17-27-10-12-28(13-11-27)21(3)29/h4-7,16,19H,8-15,17-18H2,1-3H3/t19-/m1/s1. The maximum absolute atomic E-state index is 11.5. The summed E-state index contributed by atoms with van der Waals surface area (Å²) in [7, 11) is 0. The van der Waals surface area contributed by atoms with Crippen molar-refractivity contribution in [2.75, 3.05) is 45.9 Å². The molecule has 0 unspecified atom stereocenters. The van der Waals surface area contributed by atoms with Crippen molar-refractivity contribution in [3.05, 3.63) is 53.0 Å². The summed E-state index contributed by atoms with van der Waals surface area (Å²) in [5.74, 6) is 3.67. The van der Waals surface area contributed by atoms with Crippen LogP contribution < -0.4 is 4.74 Å². The molecule has 31 heavy (non-hydrogen) atoms. The van der Waals surface area contributed by atoms with Gasteiger partial charge in [0.1, 0.15) is 23.9 Å². The zero-order valence-electron chi connectivity index (χ0n) is 19.1. The van der Waals surface area contributed by atoms with Gasteiger partial charge in [-0.25, -0.2) is 0 Å². The fourth-order valence-electron chi connectivity index (χ4n) is 4.51. The van der Waals surface area contributed by atoms with Gasteiger partial charge in [-0.15, -0.1) is 0 Å². The molecular weight excluding hydrogens is 390 g/mol.